The summed E-state index contributed by atoms with van der Waals surface area (Å²) in [5.74, 6) is -0.913. The van der Waals surface area contributed by atoms with Gasteiger partial charge in [0.2, 0.25) is 0 Å². The summed E-state index contributed by atoms with van der Waals surface area (Å²) >= 11 is 0. The fourth-order valence-corrected chi connectivity index (χ4v) is 0.958. The van der Waals surface area contributed by atoms with E-state index in [-0.39, 0.29) is 41.7 Å². The van der Waals surface area contributed by atoms with Crippen LogP contribution in [-0.2, 0) is 11.2 Å². The summed E-state index contributed by atoms with van der Waals surface area (Å²) in [5.41, 5.74) is 0.805. The van der Waals surface area contributed by atoms with E-state index in [2.05, 4.69) is 0 Å². The number of aliphatic carboxylic acids is 1. The van der Waals surface area contributed by atoms with Gasteiger partial charge in [0.15, 0.2) is 0 Å². The fourth-order valence-electron chi connectivity index (χ4n) is 0.958. The SMILES string of the molecule is O=C([O-])CCc1cccc(O)c1.[Na+]. The van der Waals surface area contributed by atoms with E-state index in [1.807, 2.05) is 0 Å². The molecule has 1 rings (SSSR count). The molecule has 4 heteroatoms. The van der Waals surface area contributed by atoms with E-state index < -0.39 is 5.97 Å². The van der Waals surface area contributed by atoms with E-state index in [9.17, 15) is 9.90 Å². The molecule has 0 saturated heterocycles. The molecule has 0 saturated carbocycles. The quantitative estimate of drug-likeness (QED) is 0.517. The molecule has 0 fully saturated rings. The maximum Gasteiger partial charge on any atom is 1.00 e. The van der Waals surface area contributed by atoms with Gasteiger partial charge in [0.1, 0.15) is 5.75 Å². The standard InChI is InChI=1S/C9H10O3.Na/c10-8-3-1-2-7(6-8)4-5-9(11)12;/h1-3,6,10H,4-5H2,(H,11,12);/q;+1/p-1. The van der Waals surface area contributed by atoms with Crippen LogP contribution in [0.4, 0.5) is 0 Å². The summed E-state index contributed by atoms with van der Waals surface area (Å²) in [7, 11) is 0. The summed E-state index contributed by atoms with van der Waals surface area (Å²) in [6.45, 7) is 0. The Morgan fingerprint density at radius 1 is 1.46 bits per heavy atom. The number of benzene rings is 1. The number of carboxylic acid groups (broad SMARTS) is 1. The molecule has 0 aliphatic carbocycles. The zero-order valence-corrected chi connectivity index (χ0v) is 9.49. The zero-order chi connectivity index (χ0) is 8.97. The smallest absolute Gasteiger partial charge is 0.550 e. The van der Waals surface area contributed by atoms with Gasteiger partial charge in [-0.25, -0.2) is 0 Å². The van der Waals surface area contributed by atoms with Crippen LogP contribution < -0.4 is 34.7 Å². The van der Waals surface area contributed by atoms with Crippen molar-refractivity contribution in [3.05, 3.63) is 29.8 Å². The molecule has 64 valence electrons. The number of carboxylic acids is 1. The van der Waals surface area contributed by atoms with E-state index in [1.165, 1.54) is 0 Å². The first kappa shape index (κ1) is 12.5. The van der Waals surface area contributed by atoms with Crippen LogP contribution in [0.25, 0.3) is 0 Å². The van der Waals surface area contributed by atoms with Crippen molar-refractivity contribution in [3.63, 3.8) is 0 Å². The Morgan fingerprint density at radius 3 is 2.69 bits per heavy atom. The molecule has 1 N–H and O–H groups in total. The van der Waals surface area contributed by atoms with Gasteiger partial charge in [0.05, 0.1) is 0 Å². The second kappa shape index (κ2) is 6.02. The Balaban J connectivity index is 0.00000144. The van der Waals surface area contributed by atoms with Gasteiger partial charge in [0, 0.05) is 5.97 Å². The van der Waals surface area contributed by atoms with E-state index in [1.54, 1.807) is 24.3 Å². The van der Waals surface area contributed by atoms with Crippen molar-refractivity contribution in [2.24, 2.45) is 0 Å². The van der Waals surface area contributed by atoms with Crippen LogP contribution in [-0.4, -0.2) is 11.1 Å². The predicted octanol–water partition coefficient (Wildman–Crippen LogP) is -2.92. The predicted molar refractivity (Wildman–Crippen MR) is 41.4 cm³/mol. The number of hydrogen-bond acceptors (Lipinski definition) is 3. The first-order chi connectivity index (χ1) is 5.68. The molecule has 0 amide bonds. The summed E-state index contributed by atoms with van der Waals surface area (Å²) in [4.78, 5) is 10.1. The van der Waals surface area contributed by atoms with Gasteiger partial charge < -0.3 is 15.0 Å². The fraction of sp³-hybridized carbons (Fsp3) is 0.222. The first-order valence-corrected chi connectivity index (χ1v) is 3.66. The minimum Gasteiger partial charge on any atom is -0.550 e. The van der Waals surface area contributed by atoms with E-state index in [0.717, 1.165) is 5.56 Å². The van der Waals surface area contributed by atoms with Crippen LogP contribution in [0.2, 0.25) is 0 Å². The first-order valence-electron chi connectivity index (χ1n) is 3.66. The van der Waals surface area contributed by atoms with Crippen molar-refractivity contribution >= 4 is 5.97 Å². The normalized spacial score (nSPS) is 8.92. The molecule has 13 heavy (non-hydrogen) atoms. The largest absolute Gasteiger partial charge is 1.00 e. The number of aryl methyl sites for hydroxylation is 1. The minimum atomic E-state index is -1.07. The van der Waals surface area contributed by atoms with E-state index >= 15 is 0 Å². The summed E-state index contributed by atoms with van der Waals surface area (Å²) in [6.07, 6.45) is 0.389. The third kappa shape index (κ3) is 4.93. The zero-order valence-electron chi connectivity index (χ0n) is 7.49. The van der Waals surface area contributed by atoms with Crippen molar-refractivity contribution < 1.29 is 44.6 Å². The molecule has 0 atom stereocenters. The molecule has 0 bridgehead atoms. The summed E-state index contributed by atoms with van der Waals surface area (Å²) in [6, 6.07) is 6.54. The maximum absolute atomic E-state index is 10.1. The molecular formula is C9H9NaO3. The number of carbonyl (C=O) groups excluding carboxylic acids is 1. The molecule has 0 radical (unpaired) electrons. The number of phenolic OH excluding ortho intramolecular Hbond substituents is 1. The topological polar surface area (TPSA) is 60.4 Å². The minimum absolute atomic E-state index is 0. The van der Waals surface area contributed by atoms with Crippen LogP contribution in [0.1, 0.15) is 12.0 Å². The van der Waals surface area contributed by atoms with Crippen LogP contribution in [0.3, 0.4) is 0 Å². The summed E-state index contributed by atoms with van der Waals surface area (Å²) in [5, 5.41) is 19.1. The summed E-state index contributed by atoms with van der Waals surface area (Å²) < 4.78 is 0. The van der Waals surface area contributed by atoms with E-state index in [4.69, 9.17) is 5.11 Å². The molecular weight excluding hydrogens is 179 g/mol. The van der Waals surface area contributed by atoms with Crippen LogP contribution >= 0.6 is 0 Å². The molecule has 0 aliphatic rings. The second-order valence-corrected chi connectivity index (χ2v) is 2.54. The Kier molecular flexibility index (Phi) is 5.79. The third-order valence-electron chi connectivity index (χ3n) is 1.53. The Morgan fingerprint density at radius 2 is 2.15 bits per heavy atom. The van der Waals surface area contributed by atoms with Crippen LogP contribution in [0.15, 0.2) is 24.3 Å². The Labute approximate surface area is 98.7 Å². The second-order valence-electron chi connectivity index (χ2n) is 2.54. The molecule has 0 spiro atoms. The van der Waals surface area contributed by atoms with E-state index in [0.29, 0.717) is 6.42 Å². The van der Waals surface area contributed by atoms with Gasteiger partial charge in [-0.15, -0.1) is 0 Å². The van der Waals surface area contributed by atoms with Gasteiger partial charge in [0.25, 0.3) is 0 Å². The van der Waals surface area contributed by atoms with Crippen LogP contribution in [0, 0.1) is 0 Å². The van der Waals surface area contributed by atoms with Crippen LogP contribution in [0.5, 0.6) is 5.75 Å². The number of carbonyl (C=O) groups is 1. The number of hydrogen-bond donors (Lipinski definition) is 1. The Hall–Kier alpha value is -0.510. The van der Waals surface area contributed by atoms with Crippen molar-refractivity contribution in [2.75, 3.05) is 0 Å². The Bertz CT molecular complexity index is 286. The van der Waals surface area contributed by atoms with Gasteiger partial charge in [-0.1, -0.05) is 12.1 Å². The third-order valence-corrected chi connectivity index (χ3v) is 1.53. The number of phenols is 1. The monoisotopic (exact) mass is 188 g/mol. The molecule has 0 unspecified atom stereocenters. The maximum atomic E-state index is 10.1. The van der Waals surface area contributed by atoms with Gasteiger partial charge in [-0.2, -0.15) is 0 Å². The van der Waals surface area contributed by atoms with Gasteiger partial charge in [-0.05, 0) is 30.5 Å². The molecule has 0 aromatic heterocycles. The van der Waals surface area contributed by atoms with Crippen molar-refractivity contribution in [2.45, 2.75) is 12.8 Å². The number of aromatic hydroxyl groups is 1. The molecule has 0 heterocycles. The average Bonchev–Trinajstić information content (AvgIpc) is 2.01. The van der Waals surface area contributed by atoms with Gasteiger partial charge >= 0.3 is 29.6 Å². The van der Waals surface area contributed by atoms with Crippen molar-refractivity contribution in [1.29, 1.82) is 0 Å². The molecule has 0 aliphatic heterocycles. The molecule has 1 aromatic carbocycles. The van der Waals surface area contributed by atoms with Crippen molar-refractivity contribution in [3.8, 4) is 5.75 Å². The molecule has 3 nitrogen and oxygen atoms in total. The van der Waals surface area contributed by atoms with Gasteiger partial charge in [-0.3, -0.25) is 0 Å². The average molecular weight is 188 g/mol. The number of rotatable bonds is 3. The van der Waals surface area contributed by atoms with Crippen molar-refractivity contribution in [1.82, 2.24) is 0 Å². The molecule has 1 aromatic rings.